The monoisotopic (exact) mass is 400 g/mol. The van der Waals surface area contributed by atoms with Gasteiger partial charge >= 0.3 is 5.97 Å². The molecule has 0 aliphatic heterocycles. The number of benzene rings is 1. The van der Waals surface area contributed by atoms with Gasteiger partial charge in [-0.2, -0.15) is 0 Å². The summed E-state index contributed by atoms with van der Waals surface area (Å²) >= 11 is 2.66. The molecule has 0 fully saturated rings. The van der Waals surface area contributed by atoms with Gasteiger partial charge in [-0.1, -0.05) is 48.2 Å². The average molecular weight is 401 g/mol. The molecule has 7 heteroatoms. The summed E-state index contributed by atoms with van der Waals surface area (Å²) in [6.07, 6.45) is 1.66. The molecule has 1 aromatic carbocycles. The van der Waals surface area contributed by atoms with Crippen molar-refractivity contribution in [1.29, 1.82) is 0 Å². The van der Waals surface area contributed by atoms with Crippen molar-refractivity contribution < 1.29 is 9.53 Å². The van der Waals surface area contributed by atoms with E-state index in [1.807, 2.05) is 35.7 Å². The third kappa shape index (κ3) is 3.99. The first-order chi connectivity index (χ1) is 13.1. The quantitative estimate of drug-likeness (QED) is 0.255. The normalized spacial score (nSPS) is 12.1. The van der Waals surface area contributed by atoms with Gasteiger partial charge in [0.15, 0.2) is 5.16 Å². The molecule has 0 radical (unpaired) electrons. The van der Waals surface area contributed by atoms with Crippen molar-refractivity contribution in [3.8, 4) is 11.1 Å². The van der Waals surface area contributed by atoms with E-state index in [9.17, 15) is 9.59 Å². The fourth-order valence-corrected chi connectivity index (χ4v) is 4.59. The molecule has 0 N–H and O–H groups in total. The molecule has 27 heavy (non-hydrogen) atoms. The fraction of sp³-hybridized carbons (Fsp3) is 0.250. The molecular weight excluding hydrogens is 380 g/mol. The van der Waals surface area contributed by atoms with E-state index in [1.54, 1.807) is 24.5 Å². The summed E-state index contributed by atoms with van der Waals surface area (Å²) < 4.78 is 6.63. The summed E-state index contributed by atoms with van der Waals surface area (Å²) in [7, 11) is 0. The van der Waals surface area contributed by atoms with Gasteiger partial charge in [0.05, 0.1) is 12.0 Å². The molecule has 1 atom stereocenters. The van der Waals surface area contributed by atoms with Crippen LogP contribution in [0.15, 0.2) is 58.3 Å². The van der Waals surface area contributed by atoms with Gasteiger partial charge in [0, 0.05) is 17.5 Å². The van der Waals surface area contributed by atoms with Crippen LogP contribution in [0.2, 0.25) is 0 Å². The first-order valence-electron chi connectivity index (χ1n) is 8.58. The van der Waals surface area contributed by atoms with Crippen LogP contribution in [0.3, 0.4) is 0 Å². The molecule has 2 aromatic heterocycles. The van der Waals surface area contributed by atoms with Crippen LogP contribution in [0.5, 0.6) is 0 Å². The lowest BCUT2D eigenvalue weighted by atomic mass is 10.1. The van der Waals surface area contributed by atoms with Crippen LogP contribution >= 0.6 is 23.1 Å². The van der Waals surface area contributed by atoms with Gasteiger partial charge in [-0.3, -0.25) is 14.2 Å². The molecule has 0 unspecified atom stereocenters. The number of carbonyl (C=O) groups excluding carboxylic acids is 1. The molecule has 0 aliphatic rings. The van der Waals surface area contributed by atoms with Crippen LogP contribution in [-0.2, 0) is 16.1 Å². The number of allylic oxidation sites excluding steroid dienone is 1. The van der Waals surface area contributed by atoms with Crippen LogP contribution in [0, 0.1) is 0 Å². The molecule has 5 nitrogen and oxygen atoms in total. The number of fused-ring (bicyclic) bond motifs is 1. The Labute approximate surface area is 165 Å². The van der Waals surface area contributed by atoms with Crippen molar-refractivity contribution in [3.05, 3.63) is 58.7 Å². The Morgan fingerprint density at radius 3 is 2.81 bits per heavy atom. The summed E-state index contributed by atoms with van der Waals surface area (Å²) in [4.78, 5) is 30.5. The Bertz CT molecular complexity index is 1020. The maximum atomic E-state index is 13.2. The zero-order valence-corrected chi connectivity index (χ0v) is 16.8. The highest BCUT2D eigenvalue weighted by molar-refractivity contribution is 8.00. The highest BCUT2D eigenvalue weighted by Gasteiger charge is 2.22. The zero-order valence-electron chi connectivity index (χ0n) is 15.2. The molecule has 0 saturated carbocycles. The van der Waals surface area contributed by atoms with E-state index in [1.165, 1.54) is 23.1 Å². The third-order valence-corrected chi connectivity index (χ3v) is 5.90. The molecule has 3 rings (SSSR count). The standard InChI is InChI=1S/C20H20N2O3S2/c1-4-11-22-18(23)16-15(14-9-7-6-8-10-14)12-26-17(16)21-20(22)27-13(3)19(24)25-5-2/h4,6-10,12-13H,1,5,11H2,2-3H3/t13-/m1/s1. The number of esters is 1. The number of hydrogen-bond donors (Lipinski definition) is 0. The summed E-state index contributed by atoms with van der Waals surface area (Å²) in [5, 5.41) is 2.59. The van der Waals surface area contributed by atoms with Crippen LogP contribution in [0.4, 0.5) is 0 Å². The fourth-order valence-electron chi connectivity index (χ4n) is 2.68. The van der Waals surface area contributed by atoms with E-state index in [0.29, 0.717) is 28.5 Å². The van der Waals surface area contributed by atoms with Crippen molar-refractivity contribution in [3.63, 3.8) is 0 Å². The minimum absolute atomic E-state index is 0.126. The first-order valence-corrected chi connectivity index (χ1v) is 10.3. The molecule has 0 amide bonds. The number of nitrogens with zero attached hydrogens (tertiary/aromatic N) is 2. The van der Waals surface area contributed by atoms with Gasteiger partial charge < -0.3 is 4.74 Å². The maximum Gasteiger partial charge on any atom is 0.319 e. The van der Waals surface area contributed by atoms with E-state index in [-0.39, 0.29) is 11.5 Å². The second kappa shape index (κ2) is 8.54. The zero-order chi connectivity index (χ0) is 19.4. The molecule has 0 spiro atoms. The third-order valence-electron chi connectivity index (χ3n) is 3.96. The highest BCUT2D eigenvalue weighted by atomic mass is 32.2. The lowest BCUT2D eigenvalue weighted by molar-refractivity contribution is -0.142. The highest BCUT2D eigenvalue weighted by Crippen LogP contribution is 2.32. The Morgan fingerprint density at radius 2 is 2.15 bits per heavy atom. The molecular formula is C20H20N2O3S2. The number of thiophene rings is 1. The predicted molar refractivity (Wildman–Crippen MR) is 111 cm³/mol. The Kier molecular flexibility index (Phi) is 6.13. The van der Waals surface area contributed by atoms with Crippen molar-refractivity contribution in [2.75, 3.05) is 6.61 Å². The van der Waals surface area contributed by atoms with E-state index >= 15 is 0 Å². The minimum atomic E-state index is -0.459. The van der Waals surface area contributed by atoms with Gasteiger partial charge in [0.2, 0.25) is 0 Å². The van der Waals surface area contributed by atoms with Crippen molar-refractivity contribution in [2.45, 2.75) is 30.8 Å². The minimum Gasteiger partial charge on any atom is -0.465 e. The Morgan fingerprint density at radius 1 is 1.41 bits per heavy atom. The lowest BCUT2D eigenvalue weighted by Crippen LogP contribution is -2.25. The number of thioether (sulfide) groups is 1. The molecule has 140 valence electrons. The largest absolute Gasteiger partial charge is 0.465 e. The molecule has 2 heterocycles. The van der Waals surface area contributed by atoms with Gasteiger partial charge in [-0.05, 0) is 19.4 Å². The average Bonchev–Trinajstić information content (AvgIpc) is 3.10. The summed E-state index contributed by atoms with van der Waals surface area (Å²) in [5.41, 5.74) is 1.73. The van der Waals surface area contributed by atoms with Crippen molar-refractivity contribution in [1.82, 2.24) is 9.55 Å². The maximum absolute atomic E-state index is 13.2. The van der Waals surface area contributed by atoms with Crippen molar-refractivity contribution in [2.24, 2.45) is 0 Å². The van der Waals surface area contributed by atoms with E-state index in [4.69, 9.17) is 4.74 Å². The molecule has 0 bridgehead atoms. The van der Waals surface area contributed by atoms with E-state index in [2.05, 4.69) is 11.6 Å². The topological polar surface area (TPSA) is 61.2 Å². The van der Waals surface area contributed by atoms with E-state index in [0.717, 1.165) is 11.1 Å². The van der Waals surface area contributed by atoms with Gasteiger partial charge in [0.1, 0.15) is 10.1 Å². The van der Waals surface area contributed by atoms with Crippen LogP contribution in [0.25, 0.3) is 21.3 Å². The van der Waals surface area contributed by atoms with Gasteiger partial charge in [0.25, 0.3) is 5.56 Å². The van der Waals surface area contributed by atoms with E-state index < -0.39 is 5.25 Å². The number of ether oxygens (including phenoxy) is 1. The van der Waals surface area contributed by atoms with Crippen LogP contribution in [0.1, 0.15) is 13.8 Å². The summed E-state index contributed by atoms with van der Waals surface area (Å²) in [6, 6.07) is 9.78. The number of carbonyl (C=O) groups is 1. The summed E-state index contributed by atoms with van der Waals surface area (Å²) in [5.74, 6) is -0.321. The molecule has 0 aliphatic carbocycles. The smallest absolute Gasteiger partial charge is 0.319 e. The summed E-state index contributed by atoms with van der Waals surface area (Å²) in [6.45, 7) is 7.91. The second-order valence-corrected chi connectivity index (χ2v) is 7.97. The Hall–Kier alpha value is -2.38. The Balaban J connectivity index is 2.11. The predicted octanol–water partition coefficient (Wildman–Crippen LogP) is 4.35. The first kappa shape index (κ1) is 19.4. The SMILES string of the molecule is C=CCn1c(S[C@H](C)C(=O)OCC)nc2scc(-c3ccccc3)c2c1=O. The van der Waals surface area contributed by atoms with Gasteiger partial charge in [-0.15, -0.1) is 17.9 Å². The second-order valence-electron chi connectivity index (χ2n) is 5.81. The van der Waals surface area contributed by atoms with Crippen molar-refractivity contribution >= 4 is 39.3 Å². The lowest BCUT2D eigenvalue weighted by Gasteiger charge is -2.14. The van der Waals surface area contributed by atoms with Crippen LogP contribution in [-0.4, -0.2) is 27.4 Å². The number of rotatable bonds is 7. The number of hydrogen-bond acceptors (Lipinski definition) is 6. The van der Waals surface area contributed by atoms with Gasteiger partial charge in [-0.25, -0.2) is 4.98 Å². The van der Waals surface area contributed by atoms with Crippen LogP contribution < -0.4 is 5.56 Å². The molecule has 0 saturated heterocycles. The molecule has 3 aromatic rings. The number of aromatic nitrogens is 2.